The molecule has 2 N–H and O–H groups in total. The van der Waals surface area contributed by atoms with Crippen LogP contribution < -0.4 is 15.6 Å². The van der Waals surface area contributed by atoms with Crippen LogP contribution in [0.4, 0.5) is 0 Å². The zero-order valence-electron chi connectivity index (χ0n) is 18.3. The van der Waals surface area contributed by atoms with Crippen molar-refractivity contribution in [3.63, 3.8) is 0 Å². The van der Waals surface area contributed by atoms with Gasteiger partial charge < -0.3 is 4.74 Å². The Morgan fingerprint density at radius 3 is 2.15 bits per heavy atom. The number of fused-ring (bicyclic) bond motifs is 1. The summed E-state index contributed by atoms with van der Waals surface area (Å²) in [4.78, 5) is 41.9. The van der Waals surface area contributed by atoms with E-state index in [-0.39, 0.29) is 10.8 Å². The number of hydrazine groups is 1. The highest BCUT2D eigenvalue weighted by Gasteiger charge is 2.30. The predicted octanol–water partition coefficient (Wildman–Crippen LogP) is 4.80. The van der Waals surface area contributed by atoms with Crippen LogP contribution in [-0.4, -0.2) is 28.2 Å². The number of ketones is 1. The molecule has 4 aromatic rings. The average Bonchev–Trinajstić information content (AvgIpc) is 3.27. The lowest BCUT2D eigenvalue weighted by Gasteiger charge is -2.25. The highest BCUT2D eigenvalue weighted by atomic mass is 35.5. The molecule has 0 aliphatic heterocycles. The number of rotatable bonds is 6. The number of nitrogens with zero attached hydrogens (tertiary/aromatic N) is 1. The number of carbonyl (C=O) groups is 3. The van der Waals surface area contributed by atoms with Crippen molar-refractivity contribution in [3.05, 3.63) is 94.0 Å². The van der Waals surface area contributed by atoms with Gasteiger partial charge in [-0.2, -0.15) is 0 Å². The van der Waals surface area contributed by atoms with Crippen LogP contribution in [0.25, 0.3) is 10.2 Å². The first-order valence-electron chi connectivity index (χ1n) is 10.3. The number of thiazole rings is 1. The van der Waals surface area contributed by atoms with E-state index in [1.807, 2.05) is 24.3 Å². The van der Waals surface area contributed by atoms with Gasteiger partial charge in [-0.25, -0.2) is 4.98 Å². The molecule has 0 saturated carbocycles. The van der Waals surface area contributed by atoms with E-state index >= 15 is 0 Å². The van der Waals surface area contributed by atoms with Crippen molar-refractivity contribution in [2.75, 3.05) is 0 Å². The number of ether oxygens (including phenoxy) is 1. The van der Waals surface area contributed by atoms with Gasteiger partial charge in [-0.3, -0.25) is 25.2 Å². The lowest BCUT2D eigenvalue weighted by atomic mass is 10.0. The zero-order valence-corrected chi connectivity index (χ0v) is 19.9. The van der Waals surface area contributed by atoms with E-state index in [2.05, 4.69) is 15.8 Å². The van der Waals surface area contributed by atoms with E-state index in [0.29, 0.717) is 27.4 Å². The molecule has 2 amide bonds. The molecule has 0 aliphatic carbocycles. The molecule has 7 nitrogen and oxygen atoms in total. The predicted molar refractivity (Wildman–Crippen MR) is 131 cm³/mol. The minimum Gasteiger partial charge on any atom is -0.478 e. The number of amides is 2. The summed E-state index contributed by atoms with van der Waals surface area (Å²) in [5, 5.41) is 0.790. The lowest BCUT2D eigenvalue weighted by molar-refractivity contribution is -0.135. The van der Waals surface area contributed by atoms with Crippen LogP contribution in [0.1, 0.15) is 39.6 Å². The summed E-state index contributed by atoms with van der Waals surface area (Å²) in [7, 11) is 0. The topological polar surface area (TPSA) is 97.4 Å². The Kier molecular flexibility index (Phi) is 6.63. The number of carbonyl (C=O) groups excluding carboxylic acids is 3. The maximum absolute atomic E-state index is 12.6. The summed E-state index contributed by atoms with van der Waals surface area (Å²) in [6, 6.07) is 20.5. The summed E-state index contributed by atoms with van der Waals surface area (Å²) < 4.78 is 6.68. The Morgan fingerprint density at radius 2 is 1.50 bits per heavy atom. The Balaban J connectivity index is 1.36. The Morgan fingerprint density at radius 1 is 0.882 bits per heavy atom. The second kappa shape index (κ2) is 9.62. The molecule has 0 spiro atoms. The first kappa shape index (κ1) is 23.4. The zero-order chi connectivity index (χ0) is 24.3. The molecule has 0 atom stereocenters. The standard InChI is InChI=1S/C25H20ClN3O4S/c1-25(2,24(32)29-28-22(31)23-27-19-5-3-4-6-20(19)34-23)33-18-13-9-16(10-14-18)21(30)15-7-11-17(26)12-8-15/h3-14H,1-2H3,(H,28,31)(H,29,32). The molecule has 172 valence electrons. The molecule has 9 heteroatoms. The number of hydrogen-bond acceptors (Lipinski definition) is 6. The van der Waals surface area contributed by atoms with E-state index in [0.717, 1.165) is 4.70 Å². The smallest absolute Gasteiger partial charge is 0.298 e. The fourth-order valence-electron chi connectivity index (χ4n) is 3.07. The van der Waals surface area contributed by atoms with Gasteiger partial charge in [0.05, 0.1) is 10.2 Å². The van der Waals surface area contributed by atoms with Crippen molar-refractivity contribution in [2.24, 2.45) is 0 Å². The third-order valence-electron chi connectivity index (χ3n) is 4.92. The third kappa shape index (κ3) is 5.24. The molecule has 0 aliphatic rings. The van der Waals surface area contributed by atoms with Gasteiger partial charge in [0.1, 0.15) is 5.75 Å². The van der Waals surface area contributed by atoms with Crippen LogP contribution in [-0.2, 0) is 4.79 Å². The largest absolute Gasteiger partial charge is 0.478 e. The van der Waals surface area contributed by atoms with Gasteiger partial charge in [0.15, 0.2) is 16.4 Å². The molecule has 1 aromatic heterocycles. The fraction of sp³-hybridized carbons (Fsp3) is 0.120. The van der Waals surface area contributed by atoms with Crippen LogP contribution in [0, 0.1) is 0 Å². The van der Waals surface area contributed by atoms with E-state index in [1.54, 1.807) is 62.4 Å². The van der Waals surface area contributed by atoms with E-state index in [4.69, 9.17) is 16.3 Å². The average molecular weight is 494 g/mol. The van der Waals surface area contributed by atoms with Gasteiger partial charge in [0.2, 0.25) is 0 Å². The molecule has 0 fully saturated rings. The van der Waals surface area contributed by atoms with Crippen LogP contribution in [0.15, 0.2) is 72.8 Å². The second-order valence-corrected chi connectivity index (χ2v) is 9.33. The third-order valence-corrected chi connectivity index (χ3v) is 6.21. The van der Waals surface area contributed by atoms with Gasteiger partial charge in [-0.15, -0.1) is 11.3 Å². The van der Waals surface area contributed by atoms with Crippen LogP contribution in [0.2, 0.25) is 5.02 Å². The van der Waals surface area contributed by atoms with Gasteiger partial charge in [0, 0.05) is 16.1 Å². The number of nitrogens with one attached hydrogen (secondary N) is 2. The van der Waals surface area contributed by atoms with Gasteiger partial charge in [-0.05, 0) is 74.5 Å². The summed E-state index contributed by atoms with van der Waals surface area (Å²) in [5.74, 6) is -0.832. The molecule has 3 aromatic carbocycles. The minimum atomic E-state index is -1.30. The Bertz CT molecular complexity index is 1330. The highest BCUT2D eigenvalue weighted by Crippen LogP contribution is 2.22. The molecular formula is C25H20ClN3O4S. The van der Waals surface area contributed by atoms with Crippen LogP contribution in [0.5, 0.6) is 5.75 Å². The maximum atomic E-state index is 12.6. The first-order valence-corrected chi connectivity index (χ1v) is 11.5. The summed E-state index contributed by atoms with van der Waals surface area (Å²) >= 11 is 7.10. The maximum Gasteiger partial charge on any atom is 0.298 e. The number of hydrogen-bond donors (Lipinski definition) is 2. The second-order valence-electron chi connectivity index (χ2n) is 7.87. The minimum absolute atomic E-state index is 0.155. The van der Waals surface area contributed by atoms with Crippen molar-refractivity contribution < 1.29 is 19.1 Å². The Labute approximate surface area is 204 Å². The normalized spacial score (nSPS) is 11.1. The van der Waals surface area contributed by atoms with E-state index in [1.165, 1.54) is 11.3 Å². The molecule has 1 heterocycles. The molecule has 0 bridgehead atoms. The number of aromatic nitrogens is 1. The van der Waals surface area contributed by atoms with Crippen LogP contribution >= 0.6 is 22.9 Å². The quantitative estimate of drug-likeness (QED) is 0.297. The van der Waals surface area contributed by atoms with Crippen molar-refractivity contribution in [2.45, 2.75) is 19.4 Å². The van der Waals surface area contributed by atoms with Gasteiger partial charge in [-0.1, -0.05) is 23.7 Å². The van der Waals surface area contributed by atoms with Crippen LogP contribution in [0.3, 0.4) is 0 Å². The molecule has 0 radical (unpaired) electrons. The van der Waals surface area contributed by atoms with Crippen molar-refractivity contribution >= 4 is 50.8 Å². The molecule has 34 heavy (non-hydrogen) atoms. The molecular weight excluding hydrogens is 474 g/mol. The van der Waals surface area contributed by atoms with Gasteiger partial charge >= 0.3 is 0 Å². The summed E-state index contributed by atoms with van der Waals surface area (Å²) in [5.41, 5.74) is 5.15. The van der Waals surface area contributed by atoms with E-state index < -0.39 is 17.4 Å². The van der Waals surface area contributed by atoms with Crippen molar-refractivity contribution in [1.29, 1.82) is 0 Å². The van der Waals surface area contributed by atoms with E-state index in [9.17, 15) is 14.4 Å². The lowest BCUT2D eigenvalue weighted by Crippen LogP contribution is -2.53. The van der Waals surface area contributed by atoms with Crippen molar-refractivity contribution in [1.82, 2.24) is 15.8 Å². The molecule has 0 unspecified atom stereocenters. The monoisotopic (exact) mass is 493 g/mol. The first-order chi connectivity index (χ1) is 16.2. The number of halogens is 1. The highest BCUT2D eigenvalue weighted by molar-refractivity contribution is 7.20. The summed E-state index contributed by atoms with van der Waals surface area (Å²) in [6.45, 7) is 3.14. The summed E-state index contributed by atoms with van der Waals surface area (Å²) in [6.07, 6.45) is 0. The number of benzene rings is 3. The SMILES string of the molecule is CC(C)(Oc1ccc(C(=O)c2ccc(Cl)cc2)cc1)C(=O)NNC(=O)c1nc2ccccc2s1. The van der Waals surface area contributed by atoms with Gasteiger partial charge in [0.25, 0.3) is 11.8 Å². The fourth-order valence-corrected chi connectivity index (χ4v) is 4.06. The van der Waals surface area contributed by atoms with Crippen molar-refractivity contribution in [3.8, 4) is 5.75 Å². The molecule has 4 rings (SSSR count). The Hall–Kier alpha value is -3.75. The number of para-hydroxylation sites is 1. The molecule has 0 saturated heterocycles.